The van der Waals surface area contributed by atoms with Gasteiger partial charge in [-0.25, -0.2) is 9.48 Å². The summed E-state index contributed by atoms with van der Waals surface area (Å²) in [5.41, 5.74) is 0.893. The highest BCUT2D eigenvalue weighted by molar-refractivity contribution is 5.93. The number of aryl methyl sites for hydroxylation is 1. The number of esters is 1. The maximum absolute atomic E-state index is 12.3. The molecule has 1 aromatic carbocycles. The third-order valence-corrected chi connectivity index (χ3v) is 3.09. The van der Waals surface area contributed by atoms with Crippen molar-refractivity contribution < 1.29 is 9.53 Å². The van der Waals surface area contributed by atoms with Crippen molar-refractivity contribution in [2.45, 2.75) is 26.5 Å². The van der Waals surface area contributed by atoms with Gasteiger partial charge in [0, 0.05) is 6.54 Å². The van der Waals surface area contributed by atoms with Gasteiger partial charge in [-0.15, -0.1) is 10.2 Å². The number of hydrogen-bond donors (Lipinski definition) is 0. The first-order valence-electron chi connectivity index (χ1n) is 7.04. The van der Waals surface area contributed by atoms with Crippen LogP contribution in [-0.4, -0.2) is 46.4 Å². The van der Waals surface area contributed by atoms with E-state index in [0.717, 1.165) is 6.42 Å². The molecule has 0 fully saturated rings. The lowest BCUT2D eigenvalue weighted by molar-refractivity contribution is 0.0456. The van der Waals surface area contributed by atoms with Crippen LogP contribution < -0.4 is 0 Å². The molecule has 2 aromatic heterocycles. The van der Waals surface area contributed by atoms with E-state index in [4.69, 9.17) is 4.74 Å². The second-order valence-corrected chi connectivity index (χ2v) is 4.67. The minimum atomic E-state index is -0.498. The fourth-order valence-corrected chi connectivity index (χ4v) is 2.04. The molecule has 0 saturated heterocycles. The number of para-hydroxylation sites is 1. The second-order valence-electron chi connectivity index (χ2n) is 4.67. The van der Waals surface area contributed by atoms with E-state index in [2.05, 4.69) is 31.1 Å². The minimum Gasteiger partial charge on any atom is -0.454 e. The van der Waals surface area contributed by atoms with Gasteiger partial charge in [0.15, 0.2) is 12.4 Å². The normalized spacial score (nSPS) is 10.7. The Morgan fingerprint density at radius 1 is 1.22 bits per heavy atom. The molecule has 3 rings (SSSR count). The third-order valence-electron chi connectivity index (χ3n) is 3.09. The first-order valence-corrected chi connectivity index (χ1v) is 7.04. The number of ether oxygens (including phenoxy) is 1. The molecule has 2 heterocycles. The van der Waals surface area contributed by atoms with Crippen molar-refractivity contribution in [1.82, 2.24) is 40.4 Å². The molecule has 0 aliphatic heterocycles. The van der Waals surface area contributed by atoms with Crippen molar-refractivity contribution in [2.24, 2.45) is 0 Å². The van der Waals surface area contributed by atoms with E-state index >= 15 is 0 Å². The standard InChI is InChI=1S/C13H14N8O2/c1-2-7-20-12(15-17-19-20)8-23-13(22)10-5-3-4-6-11(10)21-9-14-16-18-21/h3-6,9H,2,7-8H2,1H3. The lowest BCUT2D eigenvalue weighted by Crippen LogP contribution is -2.13. The topological polar surface area (TPSA) is 114 Å². The number of carbonyl (C=O) groups excluding carboxylic acids is 1. The molecule has 3 aromatic rings. The van der Waals surface area contributed by atoms with Crippen LogP contribution in [0, 0.1) is 0 Å². The summed E-state index contributed by atoms with van der Waals surface area (Å²) in [5, 5.41) is 22.2. The van der Waals surface area contributed by atoms with Crippen LogP contribution in [0.4, 0.5) is 0 Å². The Labute approximate surface area is 131 Å². The van der Waals surface area contributed by atoms with Crippen LogP contribution in [0.15, 0.2) is 30.6 Å². The van der Waals surface area contributed by atoms with Gasteiger partial charge < -0.3 is 4.74 Å². The maximum Gasteiger partial charge on any atom is 0.340 e. The summed E-state index contributed by atoms with van der Waals surface area (Å²) in [4.78, 5) is 12.3. The fraction of sp³-hybridized carbons (Fsp3) is 0.308. The smallest absolute Gasteiger partial charge is 0.340 e. The number of benzene rings is 1. The molecule has 10 nitrogen and oxygen atoms in total. The highest BCUT2D eigenvalue weighted by Crippen LogP contribution is 2.14. The summed E-state index contributed by atoms with van der Waals surface area (Å²) in [6.45, 7) is 2.68. The van der Waals surface area contributed by atoms with Gasteiger partial charge in [-0.3, -0.25) is 0 Å². The Hall–Kier alpha value is -3.17. The molecule has 118 valence electrons. The monoisotopic (exact) mass is 314 g/mol. The first kappa shape index (κ1) is 14.8. The molecule has 0 N–H and O–H groups in total. The van der Waals surface area contributed by atoms with Crippen LogP contribution in [0.1, 0.15) is 29.5 Å². The highest BCUT2D eigenvalue weighted by Gasteiger charge is 2.16. The van der Waals surface area contributed by atoms with Gasteiger partial charge in [-0.1, -0.05) is 19.1 Å². The molecule has 0 aliphatic carbocycles. The predicted molar refractivity (Wildman–Crippen MR) is 76.4 cm³/mol. The van der Waals surface area contributed by atoms with Gasteiger partial charge >= 0.3 is 5.97 Å². The first-order chi connectivity index (χ1) is 11.3. The van der Waals surface area contributed by atoms with Gasteiger partial charge in [0.1, 0.15) is 6.33 Å². The number of tetrazole rings is 2. The zero-order chi connectivity index (χ0) is 16.1. The van der Waals surface area contributed by atoms with Gasteiger partial charge in [0.2, 0.25) is 0 Å². The maximum atomic E-state index is 12.3. The number of nitrogens with zero attached hydrogens (tertiary/aromatic N) is 8. The molecular formula is C13H14N8O2. The Morgan fingerprint density at radius 2 is 2.09 bits per heavy atom. The number of aromatic nitrogens is 8. The van der Waals surface area contributed by atoms with E-state index in [1.807, 2.05) is 6.92 Å². The zero-order valence-corrected chi connectivity index (χ0v) is 12.4. The van der Waals surface area contributed by atoms with Crippen LogP contribution >= 0.6 is 0 Å². The number of hydrogen-bond acceptors (Lipinski definition) is 8. The van der Waals surface area contributed by atoms with E-state index in [-0.39, 0.29) is 6.61 Å². The fourth-order valence-electron chi connectivity index (χ4n) is 2.04. The average Bonchev–Trinajstić information content (AvgIpc) is 3.25. The summed E-state index contributed by atoms with van der Waals surface area (Å²) >= 11 is 0. The third kappa shape index (κ3) is 3.20. The molecule has 23 heavy (non-hydrogen) atoms. The number of rotatable bonds is 6. The van der Waals surface area contributed by atoms with E-state index in [0.29, 0.717) is 23.6 Å². The minimum absolute atomic E-state index is 0.00419. The van der Waals surface area contributed by atoms with Gasteiger partial charge in [0.05, 0.1) is 11.3 Å². The average molecular weight is 314 g/mol. The Bertz CT molecular complexity index is 783. The van der Waals surface area contributed by atoms with Crippen molar-refractivity contribution in [3.05, 3.63) is 42.0 Å². The van der Waals surface area contributed by atoms with E-state index < -0.39 is 5.97 Å². The molecule has 0 saturated carbocycles. The zero-order valence-electron chi connectivity index (χ0n) is 12.4. The predicted octanol–water partition coefficient (Wildman–Crippen LogP) is 0.416. The van der Waals surface area contributed by atoms with Crippen LogP contribution in [0.2, 0.25) is 0 Å². The van der Waals surface area contributed by atoms with Gasteiger partial charge in [-0.2, -0.15) is 4.68 Å². The summed E-state index contributed by atoms with van der Waals surface area (Å²) in [7, 11) is 0. The van der Waals surface area contributed by atoms with Crippen molar-refractivity contribution in [3.63, 3.8) is 0 Å². The largest absolute Gasteiger partial charge is 0.454 e. The lowest BCUT2D eigenvalue weighted by atomic mass is 10.2. The van der Waals surface area contributed by atoms with E-state index in [9.17, 15) is 4.79 Å². The molecule has 0 radical (unpaired) electrons. The van der Waals surface area contributed by atoms with E-state index in [1.165, 1.54) is 11.0 Å². The lowest BCUT2D eigenvalue weighted by Gasteiger charge is -2.08. The van der Waals surface area contributed by atoms with Crippen molar-refractivity contribution in [3.8, 4) is 5.69 Å². The second kappa shape index (κ2) is 6.73. The summed E-state index contributed by atoms with van der Waals surface area (Å²) in [6, 6.07) is 6.91. The van der Waals surface area contributed by atoms with Gasteiger partial charge in [0.25, 0.3) is 0 Å². The molecule has 0 bridgehead atoms. The number of carbonyl (C=O) groups is 1. The Morgan fingerprint density at radius 3 is 2.87 bits per heavy atom. The molecular weight excluding hydrogens is 300 g/mol. The molecule has 0 aliphatic rings. The van der Waals surface area contributed by atoms with Crippen LogP contribution in [0.3, 0.4) is 0 Å². The van der Waals surface area contributed by atoms with Gasteiger partial charge in [-0.05, 0) is 39.4 Å². The van der Waals surface area contributed by atoms with Crippen LogP contribution in [-0.2, 0) is 17.9 Å². The molecule has 0 spiro atoms. The Kier molecular flexibility index (Phi) is 4.32. The quantitative estimate of drug-likeness (QED) is 0.601. The van der Waals surface area contributed by atoms with Crippen LogP contribution in [0.5, 0.6) is 0 Å². The van der Waals surface area contributed by atoms with Crippen LogP contribution in [0.25, 0.3) is 5.69 Å². The molecule has 0 amide bonds. The summed E-state index contributed by atoms with van der Waals surface area (Å²) in [6.07, 6.45) is 2.29. The Balaban J connectivity index is 1.75. The van der Waals surface area contributed by atoms with Crippen molar-refractivity contribution in [2.75, 3.05) is 0 Å². The van der Waals surface area contributed by atoms with E-state index in [1.54, 1.807) is 28.9 Å². The van der Waals surface area contributed by atoms with Crippen molar-refractivity contribution >= 4 is 5.97 Å². The summed E-state index contributed by atoms with van der Waals surface area (Å²) in [5.74, 6) is 0.00209. The summed E-state index contributed by atoms with van der Waals surface area (Å²) < 4.78 is 8.33. The van der Waals surface area contributed by atoms with Crippen molar-refractivity contribution in [1.29, 1.82) is 0 Å². The highest BCUT2D eigenvalue weighted by atomic mass is 16.5. The molecule has 0 unspecified atom stereocenters. The molecule has 10 heteroatoms. The molecule has 0 atom stereocenters. The SMILES string of the molecule is CCCn1nnnc1COC(=O)c1ccccc1-n1cnnn1.